The van der Waals surface area contributed by atoms with E-state index in [2.05, 4.69) is 30.6 Å². The van der Waals surface area contributed by atoms with Crippen LogP contribution < -0.4 is 14.8 Å². The third kappa shape index (κ3) is 6.19. The van der Waals surface area contributed by atoms with Gasteiger partial charge in [0.25, 0.3) is 0 Å². The molecule has 1 aliphatic heterocycles. The molecule has 2 atom stereocenters. The maximum atomic E-state index is 13.5. The molecule has 2 aromatic rings. The topological polar surface area (TPSA) is 71.1 Å². The van der Waals surface area contributed by atoms with Crippen molar-refractivity contribution in [1.82, 2.24) is 15.1 Å². The van der Waals surface area contributed by atoms with Gasteiger partial charge in [-0.25, -0.2) is 4.79 Å². The highest BCUT2D eigenvalue weighted by molar-refractivity contribution is 7.10. The van der Waals surface area contributed by atoms with Gasteiger partial charge < -0.3 is 24.6 Å². The third-order valence-corrected chi connectivity index (χ3v) is 7.05. The lowest BCUT2D eigenvalue weighted by atomic mass is 10.00. The summed E-state index contributed by atoms with van der Waals surface area (Å²) in [5.41, 5.74) is 1.13. The Kier molecular flexibility index (Phi) is 9.00. The van der Waals surface area contributed by atoms with Crippen LogP contribution in [0.4, 0.5) is 4.79 Å². The number of carbonyl (C=O) groups excluding carboxylic acids is 2. The number of hydrogen-bond donors (Lipinski definition) is 1. The second kappa shape index (κ2) is 11.9. The second-order valence-corrected chi connectivity index (χ2v) is 9.34. The quantitative estimate of drug-likeness (QED) is 0.557. The fraction of sp³-hybridized carbons (Fsp3) is 0.520. The van der Waals surface area contributed by atoms with Crippen molar-refractivity contribution < 1.29 is 19.1 Å². The first-order valence-electron chi connectivity index (χ1n) is 11.6. The summed E-state index contributed by atoms with van der Waals surface area (Å²) in [6.07, 6.45) is 1.76. The monoisotopic (exact) mass is 473 g/mol. The zero-order valence-electron chi connectivity index (χ0n) is 20.0. The molecule has 8 heteroatoms. The van der Waals surface area contributed by atoms with Crippen LogP contribution in [0.3, 0.4) is 0 Å². The summed E-state index contributed by atoms with van der Waals surface area (Å²) in [5.74, 6) is 1.56. The molecule has 33 heavy (non-hydrogen) atoms. The lowest BCUT2D eigenvalue weighted by molar-refractivity contribution is -0.135. The molecule has 1 N–H and O–H groups in total. The number of para-hydroxylation sites is 2. The Morgan fingerprint density at radius 3 is 2.70 bits per heavy atom. The number of rotatable bonds is 10. The number of thiophene rings is 1. The van der Waals surface area contributed by atoms with Crippen molar-refractivity contribution in [3.05, 3.63) is 46.2 Å². The fourth-order valence-corrected chi connectivity index (χ4v) is 4.95. The maximum Gasteiger partial charge on any atom is 0.317 e. The number of hydrogen-bond acceptors (Lipinski definition) is 5. The molecule has 0 radical (unpaired) electrons. The van der Waals surface area contributed by atoms with Crippen LogP contribution in [-0.4, -0.2) is 61.6 Å². The number of carbonyl (C=O) groups is 2. The molecule has 3 rings (SSSR count). The van der Waals surface area contributed by atoms with Gasteiger partial charge in [-0.15, -0.1) is 11.3 Å². The first kappa shape index (κ1) is 24.9. The fourth-order valence-electron chi connectivity index (χ4n) is 4.02. The highest BCUT2D eigenvalue weighted by Crippen LogP contribution is 2.35. The van der Waals surface area contributed by atoms with Crippen LogP contribution in [0.15, 0.2) is 35.7 Å². The first-order valence-corrected chi connectivity index (χ1v) is 12.5. The number of fused-ring (bicyclic) bond motifs is 1. The molecule has 7 nitrogen and oxygen atoms in total. The molecule has 2 heterocycles. The first-order chi connectivity index (χ1) is 16.0. The van der Waals surface area contributed by atoms with Crippen LogP contribution in [0.5, 0.6) is 11.5 Å². The van der Waals surface area contributed by atoms with Crippen molar-refractivity contribution in [2.75, 3.05) is 39.9 Å². The highest BCUT2D eigenvalue weighted by atomic mass is 32.1. The van der Waals surface area contributed by atoms with Crippen molar-refractivity contribution in [2.45, 2.75) is 39.7 Å². The molecule has 0 bridgehead atoms. The molecule has 1 aromatic carbocycles. The molecular formula is C25H35N3O4S. The molecule has 0 saturated heterocycles. The number of amides is 3. The second-order valence-electron chi connectivity index (χ2n) is 8.34. The van der Waals surface area contributed by atoms with E-state index in [0.29, 0.717) is 43.7 Å². The van der Waals surface area contributed by atoms with E-state index in [1.54, 1.807) is 23.3 Å². The summed E-state index contributed by atoms with van der Waals surface area (Å²) in [5, 5.41) is 4.91. The van der Waals surface area contributed by atoms with Crippen LogP contribution >= 0.6 is 11.3 Å². The highest BCUT2D eigenvalue weighted by Gasteiger charge is 2.33. The van der Waals surface area contributed by atoms with E-state index < -0.39 is 0 Å². The molecule has 180 valence electrons. The zero-order chi connectivity index (χ0) is 23.8. The lowest BCUT2D eigenvalue weighted by Crippen LogP contribution is -2.50. The third-order valence-electron chi connectivity index (χ3n) is 6.05. The smallest absolute Gasteiger partial charge is 0.317 e. The molecule has 1 aliphatic rings. The Morgan fingerprint density at radius 2 is 2.00 bits per heavy atom. The summed E-state index contributed by atoms with van der Waals surface area (Å²) >= 11 is 1.72. The molecule has 0 aliphatic carbocycles. The molecule has 0 spiro atoms. The van der Waals surface area contributed by atoms with Gasteiger partial charge in [-0.2, -0.15) is 0 Å². The maximum absolute atomic E-state index is 13.5. The van der Waals surface area contributed by atoms with Crippen molar-refractivity contribution in [2.24, 2.45) is 5.92 Å². The number of urea groups is 1. The number of methoxy groups -OCH3 is 1. The van der Waals surface area contributed by atoms with E-state index in [9.17, 15) is 9.59 Å². The molecule has 0 fully saturated rings. The van der Waals surface area contributed by atoms with Crippen LogP contribution in [0.2, 0.25) is 0 Å². The van der Waals surface area contributed by atoms with Crippen molar-refractivity contribution >= 4 is 23.3 Å². The van der Waals surface area contributed by atoms with E-state index >= 15 is 0 Å². The minimum Gasteiger partial charge on any atom is -0.493 e. The Hall–Kier alpha value is -2.74. The van der Waals surface area contributed by atoms with E-state index in [1.165, 1.54) is 4.88 Å². The van der Waals surface area contributed by atoms with Gasteiger partial charge in [0.05, 0.1) is 13.2 Å². The molecule has 0 unspecified atom stereocenters. The Bertz CT molecular complexity index is 932. The largest absolute Gasteiger partial charge is 0.493 e. The summed E-state index contributed by atoms with van der Waals surface area (Å²) in [6, 6.07) is 9.19. The number of nitrogens with one attached hydrogen (secondary N) is 1. The van der Waals surface area contributed by atoms with Gasteiger partial charge in [0, 0.05) is 24.5 Å². The lowest BCUT2D eigenvalue weighted by Gasteiger charge is -2.37. The average molecular weight is 474 g/mol. The van der Waals surface area contributed by atoms with Crippen molar-refractivity contribution in [3.63, 3.8) is 0 Å². The van der Waals surface area contributed by atoms with E-state index in [4.69, 9.17) is 9.47 Å². The van der Waals surface area contributed by atoms with Crippen molar-refractivity contribution in [1.29, 1.82) is 0 Å². The van der Waals surface area contributed by atoms with Crippen LogP contribution in [-0.2, 0) is 11.2 Å². The van der Waals surface area contributed by atoms with Crippen molar-refractivity contribution in [3.8, 4) is 11.5 Å². The van der Waals surface area contributed by atoms with Gasteiger partial charge in [0.1, 0.15) is 13.2 Å². The molecule has 1 aromatic heterocycles. The normalized spacial score (nSPS) is 16.0. The Balaban J connectivity index is 1.78. The Labute approximate surface area is 200 Å². The van der Waals surface area contributed by atoms with Gasteiger partial charge in [-0.1, -0.05) is 32.4 Å². The number of benzene rings is 1. The predicted octanol–water partition coefficient (Wildman–Crippen LogP) is 4.34. The van der Waals surface area contributed by atoms with E-state index in [1.807, 2.05) is 36.1 Å². The summed E-state index contributed by atoms with van der Waals surface area (Å²) in [4.78, 5) is 30.9. The zero-order valence-corrected chi connectivity index (χ0v) is 20.8. The summed E-state index contributed by atoms with van der Waals surface area (Å²) in [7, 11) is 1.61. The number of nitrogens with zero attached hydrogens (tertiary/aromatic N) is 2. The standard InChI is InChI=1S/C25H35N3O4S/c1-5-18(3)15-27(25(30)26-6-2)16-24(29)28-13-11-23-19(12-14-33-23)20(28)17-32-22-10-8-7-9-21(22)31-4/h7-10,12,14,18,20H,5-6,11,13,15-17H2,1-4H3,(H,26,30)/t18-,20-/m1/s1. The van der Waals surface area contributed by atoms with Crippen LogP contribution in [0, 0.1) is 5.92 Å². The average Bonchev–Trinajstić information content (AvgIpc) is 3.31. The minimum absolute atomic E-state index is 0.0564. The van der Waals surface area contributed by atoms with Gasteiger partial charge in [0.2, 0.25) is 5.91 Å². The van der Waals surface area contributed by atoms with E-state index in [0.717, 1.165) is 18.4 Å². The van der Waals surface area contributed by atoms with Gasteiger partial charge in [0.15, 0.2) is 11.5 Å². The van der Waals surface area contributed by atoms with Gasteiger partial charge in [-0.3, -0.25) is 4.79 Å². The number of ether oxygens (including phenoxy) is 2. The summed E-state index contributed by atoms with van der Waals surface area (Å²) in [6.45, 7) is 8.14. The van der Waals surface area contributed by atoms with Crippen LogP contribution in [0.1, 0.15) is 43.7 Å². The van der Waals surface area contributed by atoms with Gasteiger partial charge >= 0.3 is 6.03 Å². The van der Waals surface area contributed by atoms with Crippen LogP contribution in [0.25, 0.3) is 0 Å². The SMILES string of the molecule is CCNC(=O)N(CC(=O)N1CCc2sccc2[C@H]1COc1ccccc1OC)C[C@H](C)CC. The molecule has 3 amide bonds. The predicted molar refractivity (Wildman–Crippen MR) is 131 cm³/mol. The molecule has 0 saturated carbocycles. The minimum atomic E-state index is -0.211. The molecular weight excluding hydrogens is 438 g/mol. The van der Waals surface area contributed by atoms with Gasteiger partial charge in [-0.05, 0) is 48.4 Å². The Morgan fingerprint density at radius 1 is 1.24 bits per heavy atom. The van der Waals surface area contributed by atoms with E-state index in [-0.39, 0.29) is 24.5 Å². The summed E-state index contributed by atoms with van der Waals surface area (Å²) < 4.78 is 11.5.